The van der Waals surface area contributed by atoms with E-state index in [1.807, 2.05) is 6.07 Å². The van der Waals surface area contributed by atoms with Gasteiger partial charge in [0.25, 0.3) is 0 Å². The third kappa shape index (κ3) is 3.78. The molecule has 0 aromatic heterocycles. The van der Waals surface area contributed by atoms with E-state index in [0.717, 1.165) is 28.9 Å². The molecular weight excluding hydrogens is 329 g/mol. The van der Waals surface area contributed by atoms with Gasteiger partial charge >= 0.3 is 12.1 Å². The molecule has 0 heterocycles. The quantitative estimate of drug-likeness (QED) is 0.844. The molecule has 1 aliphatic carbocycles. The minimum atomic E-state index is -4.91. The molecule has 0 aliphatic heterocycles. The number of hydrogen-bond donors (Lipinski definition) is 1. The fraction of sp³-hybridized carbons (Fsp3) is 0.316. The molecule has 0 fully saturated rings. The van der Waals surface area contributed by atoms with Gasteiger partial charge in [0.1, 0.15) is 0 Å². The molecule has 0 bridgehead atoms. The maximum Gasteiger partial charge on any atom is 0.471 e. The van der Waals surface area contributed by atoms with Crippen LogP contribution in [-0.2, 0) is 17.8 Å². The Kier molecular flexibility index (Phi) is 4.70. The van der Waals surface area contributed by atoms with Gasteiger partial charge in [0.15, 0.2) is 0 Å². The van der Waals surface area contributed by atoms with Crippen molar-refractivity contribution in [1.82, 2.24) is 4.90 Å². The van der Waals surface area contributed by atoms with Gasteiger partial charge in [-0.1, -0.05) is 36.4 Å². The number of carbonyl (C=O) groups is 1. The fourth-order valence-electron chi connectivity index (χ4n) is 3.38. The van der Waals surface area contributed by atoms with E-state index in [-0.39, 0.29) is 6.54 Å². The lowest BCUT2D eigenvalue weighted by molar-refractivity contribution is -0.189. The van der Waals surface area contributed by atoms with Crippen LogP contribution < -0.4 is 5.73 Å². The Balaban J connectivity index is 2.00. The molecule has 0 radical (unpaired) electrons. The highest BCUT2D eigenvalue weighted by atomic mass is 19.4. The number of rotatable bonds is 3. The molecule has 3 rings (SSSR count). The standard InChI is InChI=1S/C19H19F3N2O/c20-19(21,22)18(25)24(12-13-5-2-1-3-6-13)17-8-4-7-14-9-10-15(23)11-16(14)17/h1-3,5-6,9-11,17H,4,7-8,12,23H2. The molecule has 0 spiro atoms. The molecular formula is C19H19F3N2O. The van der Waals surface area contributed by atoms with Gasteiger partial charge in [0.05, 0.1) is 6.04 Å². The Morgan fingerprint density at radius 1 is 1.16 bits per heavy atom. The van der Waals surface area contributed by atoms with E-state index in [1.54, 1.807) is 42.5 Å². The zero-order valence-corrected chi connectivity index (χ0v) is 13.6. The average Bonchev–Trinajstić information content (AvgIpc) is 2.59. The van der Waals surface area contributed by atoms with Crippen LogP contribution in [0.25, 0.3) is 0 Å². The molecule has 2 aromatic carbocycles. The maximum absolute atomic E-state index is 13.2. The van der Waals surface area contributed by atoms with Crippen LogP contribution in [0, 0.1) is 0 Å². The number of hydrogen-bond acceptors (Lipinski definition) is 2. The van der Waals surface area contributed by atoms with Crippen molar-refractivity contribution < 1.29 is 18.0 Å². The number of fused-ring (bicyclic) bond motifs is 1. The number of anilines is 1. The largest absolute Gasteiger partial charge is 0.471 e. The number of alkyl halides is 3. The van der Waals surface area contributed by atoms with Crippen molar-refractivity contribution in [3.05, 3.63) is 65.2 Å². The number of halogens is 3. The molecule has 1 aliphatic rings. The second-order valence-corrected chi connectivity index (χ2v) is 6.28. The molecule has 1 amide bonds. The van der Waals surface area contributed by atoms with E-state index in [0.29, 0.717) is 17.7 Å². The van der Waals surface area contributed by atoms with Crippen LogP contribution in [0.1, 0.15) is 35.6 Å². The van der Waals surface area contributed by atoms with E-state index in [4.69, 9.17) is 5.73 Å². The van der Waals surface area contributed by atoms with Crippen molar-refractivity contribution in [2.24, 2.45) is 0 Å². The van der Waals surface area contributed by atoms with Crippen LogP contribution in [0.15, 0.2) is 48.5 Å². The van der Waals surface area contributed by atoms with Crippen molar-refractivity contribution in [3.8, 4) is 0 Å². The number of nitrogen functional groups attached to an aromatic ring is 1. The van der Waals surface area contributed by atoms with Crippen LogP contribution >= 0.6 is 0 Å². The molecule has 0 saturated carbocycles. The molecule has 1 atom stereocenters. The second-order valence-electron chi connectivity index (χ2n) is 6.28. The summed E-state index contributed by atoms with van der Waals surface area (Å²) in [5.74, 6) is -1.81. The van der Waals surface area contributed by atoms with Gasteiger partial charge in [-0.2, -0.15) is 13.2 Å². The van der Waals surface area contributed by atoms with Crippen LogP contribution in [0.2, 0.25) is 0 Å². The van der Waals surface area contributed by atoms with Crippen LogP contribution in [0.4, 0.5) is 18.9 Å². The first kappa shape index (κ1) is 17.3. The molecule has 3 nitrogen and oxygen atoms in total. The van der Waals surface area contributed by atoms with Gasteiger partial charge in [-0.3, -0.25) is 4.79 Å². The summed E-state index contributed by atoms with van der Waals surface area (Å²) in [5, 5.41) is 0. The Labute approximate surface area is 144 Å². The molecule has 0 saturated heterocycles. The summed E-state index contributed by atoms with van der Waals surface area (Å²) in [5.41, 5.74) is 8.67. The lowest BCUT2D eigenvalue weighted by Gasteiger charge is -2.36. The van der Waals surface area contributed by atoms with Gasteiger partial charge in [0.2, 0.25) is 0 Å². The number of aryl methyl sites for hydroxylation is 1. The Morgan fingerprint density at radius 3 is 2.56 bits per heavy atom. The number of nitrogens with zero attached hydrogens (tertiary/aromatic N) is 1. The minimum absolute atomic E-state index is 0.0852. The highest BCUT2D eigenvalue weighted by Crippen LogP contribution is 2.38. The van der Waals surface area contributed by atoms with Crippen molar-refractivity contribution in [1.29, 1.82) is 0 Å². The second kappa shape index (κ2) is 6.78. The summed E-state index contributed by atoms with van der Waals surface area (Å²) in [6.07, 6.45) is -2.90. The van der Waals surface area contributed by atoms with Crippen molar-refractivity contribution in [3.63, 3.8) is 0 Å². The van der Waals surface area contributed by atoms with Gasteiger partial charge < -0.3 is 10.6 Å². The first-order valence-electron chi connectivity index (χ1n) is 8.16. The Bertz CT molecular complexity index is 759. The molecule has 6 heteroatoms. The number of benzene rings is 2. The summed E-state index contributed by atoms with van der Waals surface area (Å²) >= 11 is 0. The van der Waals surface area contributed by atoms with Gasteiger partial charge in [-0.25, -0.2) is 0 Å². The zero-order chi connectivity index (χ0) is 18.0. The average molecular weight is 348 g/mol. The normalized spacial score (nSPS) is 17.0. The summed E-state index contributed by atoms with van der Waals surface area (Å²) < 4.78 is 39.6. The highest BCUT2D eigenvalue weighted by molar-refractivity contribution is 5.82. The summed E-state index contributed by atoms with van der Waals surface area (Å²) in [4.78, 5) is 13.1. The van der Waals surface area contributed by atoms with Crippen LogP contribution in [0.3, 0.4) is 0 Å². The summed E-state index contributed by atoms with van der Waals surface area (Å²) in [6.45, 7) is -0.0852. The number of carbonyl (C=O) groups excluding carboxylic acids is 1. The molecule has 25 heavy (non-hydrogen) atoms. The van der Waals surface area contributed by atoms with Crippen LogP contribution in [-0.4, -0.2) is 17.0 Å². The van der Waals surface area contributed by atoms with E-state index in [2.05, 4.69) is 0 Å². The molecule has 132 valence electrons. The third-order valence-electron chi connectivity index (χ3n) is 4.53. The van der Waals surface area contributed by atoms with Gasteiger partial charge in [-0.15, -0.1) is 0 Å². The predicted octanol–water partition coefficient (Wildman–Crippen LogP) is 4.24. The smallest absolute Gasteiger partial charge is 0.399 e. The summed E-state index contributed by atoms with van der Waals surface area (Å²) in [7, 11) is 0. The van der Waals surface area contributed by atoms with Crippen molar-refractivity contribution >= 4 is 11.6 Å². The van der Waals surface area contributed by atoms with Gasteiger partial charge in [0, 0.05) is 12.2 Å². The minimum Gasteiger partial charge on any atom is -0.399 e. The lowest BCUT2D eigenvalue weighted by atomic mass is 9.86. The lowest BCUT2D eigenvalue weighted by Crippen LogP contribution is -2.43. The maximum atomic E-state index is 13.2. The van der Waals surface area contributed by atoms with Crippen molar-refractivity contribution in [2.75, 3.05) is 5.73 Å². The van der Waals surface area contributed by atoms with E-state index < -0.39 is 18.1 Å². The summed E-state index contributed by atoms with van der Waals surface area (Å²) in [6, 6.07) is 13.4. The first-order valence-corrected chi connectivity index (χ1v) is 8.16. The highest BCUT2D eigenvalue weighted by Gasteiger charge is 2.45. The molecule has 2 aromatic rings. The Hall–Kier alpha value is -2.50. The van der Waals surface area contributed by atoms with E-state index in [1.165, 1.54) is 0 Å². The predicted molar refractivity (Wildman–Crippen MR) is 89.6 cm³/mol. The Morgan fingerprint density at radius 2 is 1.88 bits per heavy atom. The molecule has 2 N–H and O–H groups in total. The fourth-order valence-corrected chi connectivity index (χ4v) is 3.38. The van der Waals surface area contributed by atoms with Crippen LogP contribution in [0.5, 0.6) is 0 Å². The number of amides is 1. The monoisotopic (exact) mass is 348 g/mol. The van der Waals surface area contributed by atoms with Crippen molar-refractivity contribution in [2.45, 2.75) is 38.0 Å². The third-order valence-corrected chi connectivity index (χ3v) is 4.53. The van der Waals surface area contributed by atoms with E-state index >= 15 is 0 Å². The number of nitrogens with two attached hydrogens (primary N) is 1. The van der Waals surface area contributed by atoms with Gasteiger partial charge in [-0.05, 0) is 48.1 Å². The topological polar surface area (TPSA) is 46.3 Å². The zero-order valence-electron chi connectivity index (χ0n) is 13.6. The first-order chi connectivity index (χ1) is 11.9. The van der Waals surface area contributed by atoms with E-state index in [9.17, 15) is 18.0 Å². The molecule has 1 unspecified atom stereocenters. The SMILES string of the molecule is Nc1ccc2c(c1)C(N(Cc1ccccc1)C(=O)C(F)(F)F)CCC2.